The molecule has 0 aromatic heterocycles. The molecule has 0 bridgehead atoms. The standard InChI is InChI=1S/C12H12N2O2/c1-8-2-3-11(9(4-8)5-13)14-6-10(7-14)12(15)16/h2-4,10H,6-7H2,1H3,(H,15,16). The van der Waals surface area contributed by atoms with Gasteiger partial charge in [0.05, 0.1) is 17.2 Å². The molecule has 82 valence electrons. The summed E-state index contributed by atoms with van der Waals surface area (Å²) in [5, 5.41) is 17.8. The molecule has 0 unspecified atom stereocenters. The number of anilines is 1. The summed E-state index contributed by atoms with van der Waals surface area (Å²) in [5.74, 6) is -1.06. The summed E-state index contributed by atoms with van der Waals surface area (Å²) in [6.07, 6.45) is 0. The van der Waals surface area contributed by atoms with Gasteiger partial charge < -0.3 is 10.0 Å². The first-order valence-electron chi connectivity index (χ1n) is 5.10. The molecule has 16 heavy (non-hydrogen) atoms. The van der Waals surface area contributed by atoms with Crippen LogP contribution in [0, 0.1) is 24.2 Å². The second kappa shape index (κ2) is 3.86. The maximum Gasteiger partial charge on any atom is 0.310 e. The van der Waals surface area contributed by atoms with Gasteiger partial charge in [-0.2, -0.15) is 5.26 Å². The van der Waals surface area contributed by atoms with E-state index in [-0.39, 0.29) is 5.92 Å². The van der Waals surface area contributed by atoms with Gasteiger partial charge in [0.2, 0.25) is 0 Å². The molecule has 0 atom stereocenters. The van der Waals surface area contributed by atoms with Gasteiger partial charge in [-0.3, -0.25) is 4.79 Å². The number of aliphatic carboxylic acids is 1. The first-order valence-corrected chi connectivity index (χ1v) is 5.10. The fourth-order valence-corrected chi connectivity index (χ4v) is 1.85. The zero-order valence-corrected chi connectivity index (χ0v) is 8.97. The highest BCUT2D eigenvalue weighted by Gasteiger charge is 2.33. The van der Waals surface area contributed by atoms with E-state index in [4.69, 9.17) is 10.4 Å². The number of hydrogen-bond acceptors (Lipinski definition) is 3. The van der Waals surface area contributed by atoms with Crippen LogP contribution < -0.4 is 4.90 Å². The van der Waals surface area contributed by atoms with Gasteiger partial charge in [0.25, 0.3) is 0 Å². The van der Waals surface area contributed by atoms with Crippen LogP contribution in [0.15, 0.2) is 18.2 Å². The van der Waals surface area contributed by atoms with Gasteiger partial charge in [-0.1, -0.05) is 6.07 Å². The highest BCUT2D eigenvalue weighted by molar-refractivity contribution is 5.75. The summed E-state index contributed by atoms with van der Waals surface area (Å²) in [6.45, 7) is 2.92. The van der Waals surface area contributed by atoms with Crippen molar-refractivity contribution in [2.75, 3.05) is 18.0 Å². The van der Waals surface area contributed by atoms with Gasteiger partial charge in [-0.25, -0.2) is 0 Å². The lowest BCUT2D eigenvalue weighted by Gasteiger charge is -2.39. The fraction of sp³-hybridized carbons (Fsp3) is 0.333. The van der Waals surface area contributed by atoms with Crippen molar-refractivity contribution in [3.8, 4) is 6.07 Å². The van der Waals surface area contributed by atoms with E-state index in [1.54, 1.807) is 0 Å². The van der Waals surface area contributed by atoms with Gasteiger partial charge >= 0.3 is 5.97 Å². The normalized spacial score (nSPS) is 15.4. The summed E-state index contributed by atoms with van der Waals surface area (Å²) in [7, 11) is 0. The third-order valence-corrected chi connectivity index (χ3v) is 2.84. The summed E-state index contributed by atoms with van der Waals surface area (Å²) < 4.78 is 0. The molecule has 4 heteroatoms. The third-order valence-electron chi connectivity index (χ3n) is 2.84. The lowest BCUT2D eigenvalue weighted by Crippen LogP contribution is -2.50. The van der Waals surface area contributed by atoms with Gasteiger partial charge in [0.15, 0.2) is 0 Å². The van der Waals surface area contributed by atoms with Crippen molar-refractivity contribution in [2.24, 2.45) is 5.92 Å². The largest absolute Gasteiger partial charge is 0.481 e. The molecule has 1 fully saturated rings. The second-order valence-electron chi connectivity index (χ2n) is 4.07. The Bertz CT molecular complexity index is 470. The number of aryl methyl sites for hydroxylation is 1. The zero-order chi connectivity index (χ0) is 11.7. The number of rotatable bonds is 2. The van der Waals surface area contributed by atoms with E-state index in [1.165, 1.54) is 0 Å². The molecule has 1 saturated heterocycles. The van der Waals surface area contributed by atoms with Crippen LogP contribution in [-0.2, 0) is 4.79 Å². The van der Waals surface area contributed by atoms with Crippen molar-refractivity contribution in [2.45, 2.75) is 6.92 Å². The molecule has 0 saturated carbocycles. The summed E-state index contributed by atoms with van der Waals surface area (Å²) in [4.78, 5) is 12.6. The van der Waals surface area contributed by atoms with Crippen LogP contribution in [0.5, 0.6) is 0 Å². The van der Waals surface area contributed by atoms with Crippen molar-refractivity contribution in [3.63, 3.8) is 0 Å². The lowest BCUT2D eigenvalue weighted by molar-refractivity contribution is -0.142. The van der Waals surface area contributed by atoms with Crippen molar-refractivity contribution in [3.05, 3.63) is 29.3 Å². The highest BCUT2D eigenvalue weighted by atomic mass is 16.4. The molecule has 0 radical (unpaired) electrons. The van der Waals surface area contributed by atoms with E-state index in [0.29, 0.717) is 18.7 Å². The van der Waals surface area contributed by atoms with Crippen LogP contribution in [0.25, 0.3) is 0 Å². The first-order chi connectivity index (χ1) is 7.61. The third kappa shape index (κ3) is 1.72. The van der Waals surface area contributed by atoms with E-state index in [9.17, 15) is 4.79 Å². The van der Waals surface area contributed by atoms with E-state index >= 15 is 0 Å². The zero-order valence-electron chi connectivity index (χ0n) is 8.97. The molecular weight excluding hydrogens is 204 g/mol. The van der Waals surface area contributed by atoms with Gasteiger partial charge in [0.1, 0.15) is 6.07 Å². The Morgan fingerprint density at radius 2 is 2.25 bits per heavy atom. The van der Waals surface area contributed by atoms with Crippen molar-refractivity contribution >= 4 is 11.7 Å². The number of benzene rings is 1. The molecule has 0 aliphatic carbocycles. The SMILES string of the molecule is Cc1ccc(N2CC(C(=O)O)C2)c(C#N)c1. The Hall–Kier alpha value is -2.02. The molecule has 0 amide bonds. The number of nitriles is 1. The Kier molecular flexibility index (Phi) is 2.53. The molecule has 4 nitrogen and oxygen atoms in total. The summed E-state index contributed by atoms with van der Waals surface area (Å²) in [6, 6.07) is 7.78. The topological polar surface area (TPSA) is 64.3 Å². The lowest BCUT2D eigenvalue weighted by atomic mass is 9.97. The van der Waals surface area contributed by atoms with Crippen LogP contribution >= 0.6 is 0 Å². The number of carboxylic acids is 1. The monoisotopic (exact) mass is 216 g/mol. The van der Waals surface area contributed by atoms with Crippen LogP contribution in [0.3, 0.4) is 0 Å². The van der Waals surface area contributed by atoms with Crippen LogP contribution in [-0.4, -0.2) is 24.2 Å². The number of carboxylic acid groups (broad SMARTS) is 1. The molecule has 1 N–H and O–H groups in total. The molecule has 1 aliphatic heterocycles. The number of carbonyl (C=O) groups is 1. The highest BCUT2D eigenvalue weighted by Crippen LogP contribution is 2.28. The summed E-state index contributed by atoms with van der Waals surface area (Å²) in [5.41, 5.74) is 2.49. The molecule has 0 spiro atoms. The van der Waals surface area contributed by atoms with Gasteiger partial charge in [-0.05, 0) is 24.6 Å². The maximum atomic E-state index is 10.7. The summed E-state index contributed by atoms with van der Waals surface area (Å²) >= 11 is 0. The predicted octanol–water partition coefficient (Wildman–Crippen LogP) is 1.39. The van der Waals surface area contributed by atoms with Gasteiger partial charge in [-0.15, -0.1) is 0 Å². The average Bonchev–Trinajstić information content (AvgIpc) is 2.17. The van der Waals surface area contributed by atoms with E-state index in [2.05, 4.69) is 6.07 Å². The molecule has 1 aliphatic rings. The Morgan fingerprint density at radius 1 is 1.56 bits per heavy atom. The fourth-order valence-electron chi connectivity index (χ4n) is 1.85. The number of nitrogens with zero attached hydrogens (tertiary/aromatic N) is 2. The number of hydrogen-bond donors (Lipinski definition) is 1. The molecule has 2 rings (SSSR count). The molecular formula is C12H12N2O2. The van der Waals surface area contributed by atoms with Crippen molar-refractivity contribution in [1.29, 1.82) is 5.26 Å². The van der Waals surface area contributed by atoms with Crippen molar-refractivity contribution < 1.29 is 9.90 Å². The average molecular weight is 216 g/mol. The Morgan fingerprint density at radius 3 is 2.81 bits per heavy atom. The minimum Gasteiger partial charge on any atom is -0.481 e. The molecule has 1 aromatic carbocycles. The van der Waals surface area contributed by atoms with E-state index in [0.717, 1.165) is 11.3 Å². The van der Waals surface area contributed by atoms with Crippen LogP contribution in [0.4, 0.5) is 5.69 Å². The van der Waals surface area contributed by atoms with Crippen LogP contribution in [0.2, 0.25) is 0 Å². The van der Waals surface area contributed by atoms with Gasteiger partial charge in [0, 0.05) is 13.1 Å². The minimum absolute atomic E-state index is 0.298. The van der Waals surface area contributed by atoms with E-state index in [1.807, 2.05) is 30.0 Å². The quantitative estimate of drug-likeness (QED) is 0.811. The Labute approximate surface area is 93.7 Å². The maximum absolute atomic E-state index is 10.7. The molecule has 1 aromatic rings. The minimum atomic E-state index is -0.762. The first kappa shape index (κ1) is 10.5. The van der Waals surface area contributed by atoms with Crippen molar-refractivity contribution in [1.82, 2.24) is 0 Å². The molecule has 1 heterocycles. The second-order valence-corrected chi connectivity index (χ2v) is 4.07. The Balaban J connectivity index is 2.18. The van der Waals surface area contributed by atoms with Crippen LogP contribution in [0.1, 0.15) is 11.1 Å². The van der Waals surface area contributed by atoms with E-state index < -0.39 is 5.97 Å². The smallest absolute Gasteiger partial charge is 0.310 e. The predicted molar refractivity (Wildman–Crippen MR) is 59.2 cm³/mol.